The number of benzene rings is 2. The SMILES string of the molecule is COc1cc(C=O)c(OC)c(OC)c1.O=Cc1ccccc1O.O=P(O)(O)CP(=O)(O)O. The number of carbonyl (C=O) groups is 2. The first kappa shape index (κ1) is 29.3. The number of para-hydroxylation sites is 1. The standard InChI is InChI=1S/C10H12O4.C7H6O2.CH6O6P2/c1-12-8-4-7(6-11)10(14-3)9(5-8)13-2;8-5-6-3-1-2-4-7(6)9;2-8(3,4)1-9(5,6)7/h4-6H,1-3H3;1-5,9H;1H2,(H2,2,3,4)(H2,5,6,7). The molecule has 12 nitrogen and oxygen atoms in total. The second-order valence-electron chi connectivity index (χ2n) is 5.72. The fourth-order valence-electron chi connectivity index (χ4n) is 2.00. The van der Waals surface area contributed by atoms with Crippen LogP contribution in [0.1, 0.15) is 20.7 Å². The van der Waals surface area contributed by atoms with Gasteiger partial charge < -0.3 is 38.9 Å². The number of carbonyl (C=O) groups excluding carboxylic acids is 2. The molecule has 32 heavy (non-hydrogen) atoms. The molecule has 0 aliphatic rings. The van der Waals surface area contributed by atoms with Gasteiger partial charge >= 0.3 is 15.2 Å². The zero-order chi connectivity index (χ0) is 24.9. The van der Waals surface area contributed by atoms with Gasteiger partial charge in [-0.05, 0) is 18.2 Å². The van der Waals surface area contributed by atoms with Crippen LogP contribution in [0, 0.1) is 0 Å². The van der Waals surface area contributed by atoms with Crippen LogP contribution >= 0.6 is 15.2 Å². The quantitative estimate of drug-likeness (QED) is 0.278. The minimum atomic E-state index is -4.55. The van der Waals surface area contributed by atoms with Crippen molar-refractivity contribution in [3.63, 3.8) is 0 Å². The van der Waals surface area contributed by atoms with Crippen molar-refractivity contribution in [1.82, 2.24) is 0 Å². The van der Waals surface area contributed by atoms with Crippen LogP contribution in [0.4, 0.5) is 0 Å². The van der Waals surface area contributed by atoms with E-state index in [2.05, 4.69) is 0 Å². The van der Waals surface area contributed by atoms with Gasteiger partial charge in [0.05, 0.1) is 32.5 Å². The summed E-state index contributed by atoms with van der Waals surface area (Å²) in [6, 6.07) is 9.65. The summed E-state index contributed by atoms with van der Waals surface area (Å²) in [4.78, 5) is 52.7. The topological polar surface area (TPSA) is 197 Å². The molecule has 0 bridgehead atoms. The maximum atomic E-state index is 10.7. The Labute approximate surface area is 183 Å². The Morgan fingerprint density at radius 1 is 0.812 bits per heavy atom. The highest BCUT2D eigenvalue weighted by molar-refractivity contribution is 7.69. The van der Waals surface area contributed by atoms with Crippen molar-refractivity contribution in [3.05, 3.63) is 47.5 Å². The summed E-state index contributed by atoms with van der Waals surface area (Å²) in [6.45, 7) is 0. The first-order valence-corrected chi connectivity index (χ1v) is 12.0. The highest BCUT2D eigenvalue weighted by atomic mass is 31.2. The fourth-order valence-corrected chi connectivity index (χ4v) is 3.92. The van der Waals surface area contributed by atoms with Gasteiger partial charge in [-0.1, -0.05) is 12.1 Å². The summed E-state index contributed by atoms with van der Waals surface area (Å²) in [6.07, 6.45) is 1.32. The molecule has 2 aromatic rings. The zero-order valence-corrected chi connectivity index (χ0v) is 19.1. The average molecular weight is 494 g/mol. The Bertz CT molecular complexity index is 960. The lowest BCUT2D eigenvalue weighted by atomic mass is 10.2. The molecule has 14 heteroatoms. The molecule has 2 rings (SSSR count). The van der Waals surface area contributed by atoms with Crippen molar-refractivity contribution in [2.75, 3.05) is 27.2 Å². The van der Waals surface area contributed by atoms with Crippen molar-refractivity contribution in [2.24, 2.45) is 0 Å². The molecular formula is C18H24O12P2. The minimum Gasteiger partial charge on any atom is -0.507 e. The molecular weight excluding hydrogens is 470 g/mol. The zero-order valence-electron chi connectivity index (χ0n) is 17.3. The summed E-state index contributed by atoms with van der Waals surface area (Å²) < 4.78 is 34.8. The third-order valence-corrected chi connectivity index (χ3v) is 6.22. The second kappa shape index (κ2) is 13.6. The van der Waals surface area contributed by atoms with Crippen molar-refractivity contribution < 1.29 is 57.6 Å². The Hall–Kier alpha value is -2.72. The monoisotopic (exact) mass is 494 g/mol. The van der Waals surface area contributed by atoms with E-state index in [-0.39, 0.29) is 5.75 Å². The molecule has 5 N–H and O–H groups in total. The van der Waals surface area contributed by atoms with Gasteiger partial charge in [0.25, 0.3) is 0 Å². The number of aldehydes is 2. The normalized spacial score (nSPS) is 10.5. The van der Waals surface area contributed by atoms with Crippen LogP contribution in [0.5, 0.6) is 23.0 Å². The van der Waals surface area contributed by atoms with Gasteiger partial charge in [-0.2, -0.15) is 0 Å². The van der Waals surface area contributed by atoms with E-state index in [0.717, 1.165) is 0 Å². The predicted octanol–water partition coefficient (Wildman–Crippen LogP) is 2.03. The van der Waals surface area contributed by atoms with Gasteiger partial charge in [-0.25, -0.2) is 0 Å². The molecule has 0 amide bonds. The van der Waals surface area contributed by atoms with E-state index in [0.29, 0.717) is 40.9 Å². The highest BCUT2D eigenvalue weighted by Gasteiger charge is 2.26. The number of aromatic hydroxyl groups is 1. The molecule has 0 aliphatic carbocycles. The highest BCUT2D eigenvalue weighted by Crippen LogP contribution is 2.51. The van der Waals surface area contributed by atoms with Gasteiger partial charge in [-0.15, -0.1) is 0 Å². The number of hydrogen-bond donors (Lipinski definition) is 5. The summed E-state index contributed by atoms with van der Waals surface area (Å²) in [5.74, 6) is 0.120. The van der Waals surface area contributed by atoms with Crippen molar-refractivity contribution in [1.29, 1.82) is 0 Å². The van der Waals surface area contributed by atoms with E-state index < -0.39 is 21.1 Å². The van der Waals surface area contributed by atoms with Crippen LogP contribution < -0.4 is 14.2 Å². The maximum Gasteiger partial charge on any atom is 0.337 e. The number of hydrogen-bond acceptors (Lipinski definition) is 8. The molecule has 2 aromatic carbocycles. The number of ether oxygens (including phenoxy) is 3. The third-order valence-electron chi connectivity index (χ3n) is 3.28. The molecule has 0 saturated heterocycles. The van der Waals surface area contributed by atoms with Crippen LogP contribution in [0.3, 0.4) is 0 Å². The molecule has 0 radical (unpaired) electrons. The summed E-state index contributed by atoms with van der Waals surface area (Å²) in [5, 5.41) is 8.88. The second-order valence-corrected chi connectivity index (χ2v) is 9.51. The van der Waals surface area contributed by atoms with Gasteiger partial charge in [0, 0.05) is 6.07 Å². The van der Waals surface area contributed by atoms with Crippen molar-refractivity contribution >= 4 is 27.8 Å². The van der Waals surface area contributed by atoms with Gasteiger partial charge in [-0.3, -0.25) is 18.7 Å². The average Bonchev–Trinajstić information content (AvgIpc) is 2.71. The lowest BCUT2D eigenvalue weighted by Gasteiger charge is -2.11. The first-order chi connectivity index (χ1) is 14.8. The predicted molar refractivity (Wildman–Crippen MR) is 114 cm³/mol. The lowest BCUT2D eigenvalue weighted by molar-refractivity contribution is 0.111. The number of methoxy groups -OCH3 is 3. The molecule has 0 aliphatic heterocycles. The molecule has 0 fully saturated rings. The molecule has 0 atom stereocenters. The molecule has 0 saturated carbocycles. The van der Waals surface area contributed by atoms with Gasteiger partial charge in [0.2, 0.25) is 0 Å². The van der Waals surface area contributed by atoms with Crippen LogP contribution in [0.2, 0.25) is 0 Å². The smallest absolute Gasteiger partial charge is 0.337 e. The Kier molecular flexibility index (Phi) is 12.5. The van der Waals surface area contributed by atoms with E-state index in [1.807, 2.05) is 0 Å². The first-order valence-electron chi connectivity index (χ1n) is 8.39. The van der Waals surface area contributed by atoms with Crippen LogP contribution in [-0.4, -0.2) is 64.5 Å². The van der Waals surface area contributed by atoms with E-state index in [1.165, 1.54) is 27.4 Å². The Balaban J connectivity index is 0.000000470. The summed E-state index contributed by atoms with van der Waals surface area (Å²) in [7, 11) is -4.59. The van der Waals surface area contributed by atoms with E-state index in [4.69, 9.17) is 38.9 Å². The minimum absolute atomic E-state index is 0.0347. The fraction of sp³-hybridized carbons (Fsp3) is 0.222. The summed E-state index contributed by atoms with van der Waals surface area (Å²) in [5.41, 5.74) is 0.737. The molecule has 0 heterocycles. The lowest BCUT2D eigenvalue weighted by Crippen LogP contribution is -1.96. The van der Waals surface area contributed by atoms with Gasteiger partial charge in [0.15, 0.2) is 30.0 Å². The van der Waals surface area contributed by atoms with E-state index in [1.54, 1.807) is 30.3 Å². The molecule has 178 valence electrons. The van der Waals surface area contributed by atoms with Crippen molar-refractivity contribution in [3.8, 4) is 23.0 Å². The largest absolute Gasteiger partial charge is 0.507 e. The molecule has 0 spiro atoms. The van der Waals surface area contributed by atoms with E-state index in [9.17, 15) is 18.7 Å². The number of phenolic OH excluding ortho intramolecular Hbond substituents is 1. The third kappa shape index (κ3) is 11.6. The van der Waals surface area contributed by atoms with Gasteiger partial charge in [0.1, 0.15) is 11.5 Å². The number of rotatable bonds is 7. The maximum absolute atomic E-state index is 10.7. The number of phenols is 1. The molecule has 0 aromatic heterocycles. The Morgan fingerprint density at radius 2 is 1.34 bits per heavy atom. The van der Waals surface area contributed by atoms with E-state index >= 15 is 0 Å². The van der Waals surface area contributed by atoms with Crippen LogP contribution in [0.15, 0.2) is 36.4 Å². The summed E-state index contributed by atoms with van der Waals surface area (Å²) >= 11 is 0. The Morgan fingerprint density at radius 3 is 1.66 bits per heavy atom. The van der Waals surface area contributed by atoms with Crippen LogP contribution in [0.25, 0.3) is 0 Å². The van der Waals surface area contributed by atoms with Crippen molar-refractivity contribution in [2.45, 2.75) is 0 Å². The molecule has 0 unspecified atom stereocenters. The van der Waals surface area contributed by atoms with Crippen LogP contribution in [-0.2, 0) is 9.13 Å².